The summed E-state index contributed by atoms with van der Waals surface area (Å²) < 4.78 is 26.2. The van der Waals surface area contributed by atoms with E-state index in [0.29, 0.717) is 6.54 Å². The second-order valence-corrected chi connectivity index (χ2v) is 5.33. The highest BCUT2D eigenvalue weighted by atomic mass is 79.9. The Morgan fingerprint density at radius 1 is 1.50 bits per heavy atom. The summed E-state index contributed by atoms with van der Waals surface area (Å²) in [6.07, 6.45) is 0. The Kier molecular flexibility index (Phi) is 3.52. The highest BCUT2D eigenvalue weighted by Crippen LogP contribution is 2.22. The van der Waals surface area contributed by atoms with Gasteiger partial charge in [-0.2, -0.15) is 0 Å². The van der Waals surface area contributed by atoms with Gasteiger partial charge in [-0.3, -0.25) is 0 Å². The van der Waals surface area contributed by atoms with Crippen LogP contribution in [0.1, 0.15) is 6.92 Å². The predicted octanol–water partition coefficient (Wildman–Crippen LogP) is 1.33. The number of nitrogen functional groups attached to an aromatic ring is 1. The van der Waals surface area contributed by atoms with Gasteiger partial charge in [-0.05, 0) is 18.2 Å². The molecule has 78 valence electrons. The molecule has 6 heteroatoms. The molecule has 0 heterocycles. The Morgan fingerprint density at radius 3 is 2.64 bits per heavy atom. The first kappa shape index (κ1) is 11.5. The fourth-order valence-electron chi connectivity index (χ4n) is 1.03. The van der Waals surface area contributed by atoms with Crippen molar-refractivity contribution in [2.45, 2.75) is 11.8 Å². The van der Waals surface area contributed by atoms with Crippen LogP contribution >= 0.6 is 15.9 Å². The molecule has 0 unspecified atom stereocenters. The third kappa shape index (κ3) is 2.46. The standard InChI is InChI=1S/C8H11BrN2O2S/c1-2-11-14(12,13)8-4-3-6(9)5-7(8)10/h3-5,11H,2,10H2,1H3. The van der Waals surface area contributed by atoms with Crippen LogP contribution in [0.4, 0.5) is 5.69 Å². The summed E-state index contributed by atoms with van der Waals surface area (Å²) in [5.41, 5.74) is 5.83. The zero-order chi connectivity index (χ0) is 10.8. The number of nitrogens with one attached hydrogen (secondary N) is 1. The van der Waals surface area contributed by atoms with Crippen molar-refractivity contribution in [2.24, 2.45) is 0 Å². The van der Waals surface area contributed by atoms with Crippen LogP contribution in [0.25, 0.3) is 0 Å². The van der Waals surface area contributed by atoms with E-state index in [-0.39, 0.29) is 10.6 Å². The second kappa shape index (κ2) is 4.29. The van der Waals surface area contributed by atoms with Gasteiger partial charge < -0.3 is 5.73 Å². The van der Waals surface area contributed by atoms with Gasteiger partial charge in [0.1, 0.15) is 4.90 Å². The minimum Gasteiger partial charge on any atom is -0.398 e. The first-order valence-electron chi connectivity index (χ1n) is 4.02. The molecule has 0 aliphatic carbocycles. The third-order valence-corrected chi connectivity index (χ3v) is 3.71. The lowest BCUT2D eigenvalue weighted by atomic mass is 10.3. The number of halogens is 1. The van der Waals surface area contributed by atoms with Crippen LogP contribution in [0.5, 0.6) is 0 Å². The molecule has 0 spiro atoms. The van der Waals surface area contributed by atoms with Gasteiger partial charge >= 0.3 is 0 Å². The van der Waals surface area contributed by atoms with Gasteiger partial charge in [0.15, 0.2) is 0 Å². The first-order chi connectivity index (χ1) is 6.47. The maximum Gasteiger partial charge on any atom is 0.242 e. The average molecular weight is 279 g/mol. The van der Waals surface area contributed by atoms with Crippen molar-refractivity contribution in [2.75, 3.05) is 12.3 Å². The maximum absolute atomic E-state index is 11.6. The molecule has 1 rings (SSSR count). The minimum atomic E-state index is -3.45. The molecule has 0 aromatic heterocycles. The molecule has 0 bridgehead atoms. The summed E-state index contributed by atoms with van der Waals surface area (Å²) in [6, 6.07) is 4.67. The van der Waals surface area contributed by atoms with E-state index >= 15 is 0 Å². The van der Waals surface area contributed by atoms with Crippen LogP contribution in [-0.4, -0.2) is 15.0 Å². The van der Waals surface area contributed by atoms with Gasteiger partial charge in [0.25, 0.3) is 0 Å². The monoisotopic (exact) mass is 278 g/mol. The van der Waals surface area contributed by atoms with Crippen molar-refractivity contribution >= 4 is 31.6 Å². The van der Waals surface area contributed by atoms with Crippen molar-refractivity contribution in [1.82, 2.24) is 4.72 Å². The normalized spacial score (nSPS) is 11.6. The van der Waals surface area contributed by atoms with Crippen LogP contribution in [0.15, 0.2) is 27.6 Å². The minimum absolute atomic E-state index is 0.113. The van der Waals surface area contributed by atoms with Crippen LogP contribution in [0.2, 0.25) is 0 Å². The molecular formula is C8H11BrN2O2S. The van der Waals surface area contributed by atoms with Crippen LogP contribution in [0.3, 0.4) is 0 Å². The number of hydrogen-bond donors (Lipinski definition) is 2. The third-order valence-electron chi connectivity index (χ3n) is 1.60. The summed E-state index contributed by atoms with van der Waals surface area (Å²) >= 11 is 3.21. The predicted molar refractivity (Wildman–Crippen MR) is 59.4 cm³/mol. The Morgan fingerprint density at radius 2 is 2.14 bits per heavy atom. The fourth-order valence-corrected chi connectivity index (χ4v) is 2.56. The molecule has 0 amide bonds. The van der Waals surface area contributed by atoms with Gasteiger partial charge in [0.05, 0.1) is 5.69 Å². The van der Waals surface area contributed by atoms with Crippen molar-refractivity contribution < 1.29 is 8.42 Å². The van der Waals surface area contributed by atoms with Crippen molar-refractivity contribution in [3.8, 4) is 0 Å². The number of hydrogen-bond acceptors (Lipinski definition) is 3. The summed E-state index contributed by atoms with van der Waals surface area (Å²) in [5, 5.41) is 0. The number of benzene rings is 1. The van der Waals surface area contributed by atoms with Crippen LogP contribution in [-0.2, 0) is 10.0 Å². The molecule has 1 aromatic rings. The van der Waals surface area contributed by atoms with Gasteiger partial charge in [0, 0.05) is 11.0 Å². The van der Waals surface area contributed by atoms with E-state index in [1.165, 1.54) is 6.07 Å². The molecule has 4 nitrogen and oxygen atoms in total. The maximum atomic E-state index is 11.6. The first-order valence-corrected chi connectivity index (χ1v) is 6.29. The highest BCUT2D eigenvalue weighted by Gasteiger charge is 2.15. The van der Waals surface area contributed by atoms with Crippen molar-refractivity contribution in [3.05, 3.63) is 22.7 Å². The van der Waals surface area contributed by atoms with Crippen LogP contribution in [0, 0.1) is 0 Å². The van der Waals surface area contributed by atoms with E-state index in [1.54, 1.807) is 19.1 Å². The number of nitrogens with two attached hydrogens (primary N) is 1. The van der Waals surface area contributed by atoms with E-state index < -0.39 is 10.0 Å². The molecule has 0 saturated heterocycles. The SMILES string of the molecule is CCNS(=O)(=O)c1ccc(Br)cc1N. The molecule has 0 atom stereocenters. The smallest absolute Gasteiger partial charge is 0.242 e. The quantitative estimate of drug-likeness (QED) is 0.820. The molecule has 3 N–H and O–H groups in total. The summed E-state index contributed by atoms with van der Waals surface area (Å²) in [6.45, 7) is 2.06. The lowest BCUT2D eigenvalue weighted by molar-refractivity contribution is 0.584. The largest absolute Gasteiger partial charge is 0.398 e. The number of sulfonamides is 1. The van der Waals surface area contributed by atoms with Gasteiger partial charge in [-0.25, -0.2) is 13.1 Å². The lowest BCUT2D eigenvalue weighted by Gasteiger charge is -2.07. The van der Waals surface area contributed by atoms with Crippen LogP contribution < -0.4 is 10.5 Å². The number of rotatable bonds is 3. The summed E-state index contributed by atoms with van der Waals surface area (Å²) in [4.78, 5) is 0.113. The second-order valence-electron chi connectivity index (χ2n) is 2.68. The summed E-state index contributed by atoms with van der Waals surface area (Å²) in [5.74, 6) is 0. The average Bonchev–Trinajstić information content (AvgIpc) is 2.02. The van der Waals surface area contributed by atoms with Crippen molar-refractivity contribution in [3.63, 3.8) is 0 Å². The van der Waals surface area contributed by atoms with Gasteiger partial charge in [-0.15, -0.1) is 0 Å². The Bertz CT molecular complexity index is 431. The number of anilines is 1. The Labute approximate surface area is 91.7 Å². The van der Waals surface area contributed by atoms with E-state index in [1.807, 2.05) is 0 Å². The Balaban J connectivity index is 3.20. The highest BCUT2D eigenvalue weighted by molar-refractivity contribution is 9.10. The molecule has 14 heavy (non-hydrogen) atoms. The van der Waals surface area contributed by atoms with E-state index in [9.17, 15) is 8.42 Å². The molecule has 1 aromatic carbocycles. The molecule has 0 saturated carbocycles. The molecule has 0 aliphatic heterocycles. The zero-order valence-corrected chi connectivity index (χ0v) is 10.0. The Hall–Kier alpha value is -0.590. The lowest BCUT2D eigenvalue weighted by Crippen LogP contribution is -2.24. The van der Waals surface area contributed by atoms with E-state index in [2.05, 4.69) is 20.7 Å². The zero-order valence-electron chi connectivity index (χ0n) is 7.62. The molecule has 0 aliphatic rings. The van der Waals surface area contributed by atoms with Gasteiger partial charge in [-0.1, -0.05) is 22.9 Å². The topological polar surface area (TPSA) is 72.2 Å². The summed E-state index contributed by atoms with van der Waals surface area (Å²) in [7, 11) is -3.45. The van der Waals surface area contributed by atoms with Crippen molar-refractivity contribution in [1.29, 1.82) is 0 Å². The molecular weight excluding hydrogens is 268 g/mol. The van der Waals surface area contributed by atoms with E-state index in [0.717, 1.165) is 4.47 Å². The van der Waals surface area contributed by atoms with Gasteiger partial charge in [0.2, 0.25) is 10.0 Å². The van der Waals surface area contributed by atoms with E-state index in [4.69, 9.17) is 5.73 Å². The molecule has 0 radical (unpaired) electrons. The fraction of sp³-hybridized carbons (Fsp3) is 0.250. The molecule has 0 fully saturated rings.